The van der Waals surface area contributed by atoms with Gasteiger partial charge in [0.1, 0.15) is 0 Å². The summed E-state index contributed by atoms with van der Waals surface area (Å²) in [5.74, 6) is 0. The van der Waals surface area contributed by atoms with Crippen LogP contribution in [0.15, 0.2) is 18.2 Å². The number of hydrogen-bond acceptors (Lipinski definition) is 3. The summed E-state index contributed by atoms with van der Waals surface area (Å²) in [6.07, 6.45) is 2.49. The van der Waals surface area contributed by atoms with Gasteiger partial charge in [0.2, 0.25) is 0 Å². The van der Waals surface area contributed by atoms with Crippen LogP contribution < -0.4 is 16.4 Å². The molecule has 0 unspecified atom stereocenters. The SMILES string of the molecule is CC.Nc1cccc(N)c1N1CCCC1. The highest BCUT2D eigenvalue weighted by atomic mass is 15.2. The quantitative estimate of drug-likeness (QED) is 0.696. The number of anilines is 3. The molecule has 3 heteroatoms. The van der Waals surface area contributed by atoms with Gasteiger partial charge in [0.25, 0.3) is 0 Å². The predicted octanol–water partition coefficient (Wildman–Crippen LogP) is 2.48. The van der Waals surface area contributed by atoms with Crippen LogP contribution in [-0.2, 0) is 0 Å². The van der Waals surface area contributed by atoms with Crippen molar-refractivity contribution in [3.63, 3.8) is 0 Å². The first-order chi connectivity index (χ1) is 7.29. The molecule has 0 radical (unpaired) electrons. The van der Waals surface area contributed by atoms with E-state index in [1.807, 2.05) is 32.0 Å². The number of rotatable bonds is 1. The van der Waals surface area contributed by atoms with Crippen LogP contribution in [0.25, 0.3) is 0 Å². The molecule has 1 aromatic rings. The highest BCUT2D eigenvalue weighted by Crippen LogP contribution is 2.32. The van der Waals surface area contributed by atoms with Gasteiger partial charge in [-0.1, -0.05) is 19.9 Å². The van der Waals surface area contributed by atoms with E-state index in [-0.39, 0.29) is 0 Å². The molecule has 1 aliphatic heterocycles. The van der Waals surface area contributed by atoms with Crippen LogP contribution in [0, 0.1) is 0 Å². The topological polar surface area (TPSA) is 55.3 Å². The van der Waals surface area contributed by atoms with Crippen molar-refractivity contribution in [3.05, 3.63) is 18.2 Å². The first-order valence-electron chi connectivity index (χ1n) is 5.68. The van der Waals surface area contributed by atoms with Gasteiger partial charge in [0.15, 0.2) is 0 Å². The predicted molar refractivity (Wildman–Crippen MR) is 68.1 cm³/mol. The van der Waals surface area contributed by atoms with E-state index in [0.717, 1.165) is 30.2 Å². The highest BCUT2D eigenvalue weighted by molar-refractivity contribution is 5.80. The van der Waals surface area contributed by atoms with Crippen LogP contribution in [0.3, 0.4) is 0 Å². The Labute approximate surface area is 92.1 Å². The lowest BCUT2D eigenvalue weighted by Crippen LogP contribution is -2.20. The summed E-state index contributed by atoms with van der Waals surface area (Å²) in [7, 11) is 0. The maximum Gasteiger partial charge on any atom is 0.0833 e. The molecule has 0 amide bonds. The lowest BCUT2D eigenvalue weighted by atomic mass is 10.2. The lowest BCUT2D eigenvalue weighted by Gasteiger charge is -2.21. The first-order valence-corrected chi connectivity index (χ1v) is 5.68. The van der Waals surface area contributed by atoms with Gasteiger partial charge in [-0.2, -0.15) is 0 Å². The Morgan fingerprint density at radius 1 is 1.00 bits per heavy atom. The highest BCUT2D eigenvalue weighted by Gasteiger charge is 2.16. The Bertz CT molecular complexity index is 283. The third-order valence-corrected chi connectivity index (χ3v) is 2.52. The summed E-state index contributed by atoms with van der Waals surface area (Å²) in [6.45, 7) is 6.16. The van der Waals surface area contributed by atoms with Gasteiger partial charge in [0.05, 0.1) is 17.1 Å². The Kier molecular flexibility index (Phi) is 4.28. The molecule has 0 spiro atoms. The molecule has 1 aromatic carbocycles. The van der Waals surface area contributed by atoms with Crippen LogP contribution >= 0.6 is 0 Å². The normalized spacial score (nSPS) is 14.7. The molecule has 15 heavy (non-hydrogen) atoms. The summed E-state index contributed by atoms with van der Waals surface area (Å²) in [5.41, 5.74) is 14.4. The second-order valence-electron chi connectivity index (χ2n) is 3.48. The smallest absolute Gasteiger partial charge is 0.0833 e. The van der Waals surface area contributed by atoms with E-state index in [0.29, 0.717) is 0 Å². The third-order valence-electron chi connectivity index (χ3n) is 2.52. The average molecular weight is 207 g/mol. The van der Waals surface area contributed by atoms with Crippen molar-refractivity contribution < 1.29 is 0 Å². The largest absolute Gasteiger partial charge is 0.397 e. The van der Waals surface area contributed by atoms with Crippen molar-refractivity contribution in [3.8, 4) is 0 Å². The number of nitrogens with two attached hydrogens (primary N) is 2. The molecule has 0 bridgehead atoms. The number of nitrogens with zero attached hydrogens (tertiary/aromatic N) is 1. The zero-order chi connectivity index (χ0) is 11.3. The molecule has 2 rings (SSSR count). The van der Waals surface area contributed by atoms with E-state index in [4.69, 9.17) is 11.5 Å². The molecule has 4 N–H and O–H groups in total. The average Bonchev–Trinajstić information content (AvgIpc) is 2.74. The van der Waals surface area contributed by atoms with Gasteiger partial charge >= 0.3 is 0 Å². The minimum Gasteiger partial charge on any atom is -0.397 e. The molecular weight excluding hydrogens is 186 g/mol. The maximum absolute atomic E-state index is 5.88. The molecule has 0 atom stereocenters. The van der Waals surface area contributed by atoms with Crippen molar-refractivity contribution in [2.24, 2.45) is 0 Å². The van der Waals surface area contributed by atoms with E-state index in [1.54, 1.807) is 0 Å². The summed E-state index contributed by atoms with van der Waals surface area (Å²) < 4.78 is 0. The summed E-state index contributed by atoms with van der Waals surface area (Å²) >= 11 is 0. The van der Waals surface area contributed by atoms with Crippen LogP contribution in [0.2, 0.25) is 0 Å². The van der Waals surface area contributed by atoms with Gasteiger partial charge in [-0.25, -0.2) is 0 Å². The zero-order valence-electron chi connectivity index (χ0n) is 9.66. The van der Waals surface area contributed by atoms with Crippen molar-refractivity contribution in [1.29, 1.82) is 0 Å². The fourth-order valence-electron chi connectivity index (χ4n) is 1.89. The minimum absolute atomic E-state index is 0.793. The molecule has 1 saturated heterocycles. The van der Waals surface area contributed by atoms with Crippen molar-refractivity contribution in [2.45, 2.75) is 26.7 Å². The molecule has 1 fully saturated rings. The zero-order valence-corrected chi connectivity index (χ0v) is 9.66. The van der Waals surface area contributed by atoms with Gasteiger partial charge < -0.3 is 16.4 Å². The Morgan fingerprint density at radius 3 is 1.93 bits per heavy atom. The fraction of sp³-hybridized carbons (Fsp3) is 0.500. The number of hydrogen-bond donors (Lipinski definition) is 2. The standard InChI is InChI=1S/C10H15N3.C2H6/c11-8-4-3-5-9(12)10(8)13-6-1-2-7-13;1-2/h3-5H,1-2,6-7,11-12H2;1-2H3. The van der Waals surface area contributed by atoms with Gasteiger partial charge in [-0.15, -0.1) is 0 Å². The van der Waals surface area contributed by atoms with E-state index in [9.17, 15) is 0 Å². The molecule has 0 aliphatic carbocycles. The van der Waals surface area contributed by atoms with Crippen LogP contribution in [0.5, 0.6) is 0 Å². The van der Waals surface area contributed by atoms with E-state index in [1.165, 1.54) is 12.8 Å². The second-order valence-corrected chi connectivity index (χ2v) is 3.48. The first kappa shape index (κ1) is 11.7. The summed E-state index contributed by atoms with van der Waals surface area (Å²) in [4.78, 5) is 2.27. The minimum atomic E-state index is 0.793. The van der Waals surface area contributed by atoms with Gasteiger partial charge in [-0.3, -0.25) is 0 Å². The monoisotopic (exact) mass is 207 g/mol. The Morgan fingerprint density at radius 2 is 1.47 bits per heavy atom. The molecule has 0 aromatic heterocycles. The number of benzene rings is 1. The fourth-order valence-corrected chi connectivity index (χ4v) is 1.89. The molecule has 3 nitrogen and oxygen atoms in total. The Balaban J connectivity index is 0.000000531. The van der Waals surface area contributed by atoms with Crippen LogP contribution in [0.4, 0.5) is 17.1 Å². The molecule has 1 aliphatic rings. The number of para-hydroxylation sites is 1. The van der Waals surface area contributed by atoms with Crippen LogP contribution in [0.1, 0.15) is 26.7 Å². The van der Waals surface area contributed by atoms with Crippen LogP contribution in [-0.4, -0.2) is 13.1 Å². The molecule has 0 saturated carbocycles. The lowest BCUT2D eigenvalue weighted by molar-refractivity contribution is 0.949. The van der Waals surface area contributed by atoms with Crippen molar-refractivity contribution in [2.75, 3.05) is 29.5 Å². The molecule has 84 valence electrons. The van der Waals surface area contributed by atoms with E-state index >= 15 is 0 Å². The third kappa shape index (κ3) is 2.55. The van der Waals surface area contributed by atoms with Gasteiger partial charge in [0, 0.05) is 13.1 Å². The molecular formula is C12H21N3. The van der Waals surface area contributed by atoms with E-state index in [2.05, 4.69) is 4.90 Å². The van der Waals surface area contributed by atoms with Gasteiger partial charge in [-0.05, 0) is 25.0 Å². The summed E-state index contributed by atoms with van der Waals surface area (Å²) in [6, 6.07) is 5.71. The number of nitrogen functional groups attached to an aromatic ring is 2. The van der Waals surface area contributed by atoms with E-state index < -0.39 is 0 Å². The van der Waals surface area contributed by atoms with Crippen molar-refractivity contribution in [1.82, 2.24) is 0 Å². The van der Waals surface area contributed by atoms with Crippen molar-refractivity contribution >= 4 is 17.1 Å². The maximum atomic E-state index is 5.88. The molecule has 1 heterocycles. The Hall–Kier alpha value is -1.38. The summed E-state index contributed by atoms with van der Waals surface area (Å²) in [5, 5.41) is 0. The second kappa shape index (κ2) is 5.49.